The van der Waals surface area contributed by atoms with Gasteiger partial charge >= 0.3 is 5.97 Å². The zero-order valence-corrected chi connectivity index (χ0v) is 14.0. The van der Waals surface area contributed by atoms with Gasteiger partial charge in [-0.05, 0) is 37.0 Å². The van der Waals surface area contributed by atoms with E-state index in [9.17, 15) is 9.59 Å². The first-order chi connectivity index (χ1) is 11.6. The quantitative estimate of drug-likeness (QED) is 0.921. The van der Waals surface area contributed by atoms with E-state index < -0.39 is 5.97 Å². The zero-order chi connectivity index (χ0) is 16.9. The van der Waals surface area contributed by atoms with E-state index in [2.05, 4.69) is 4.98 Å². The van der Waals surface area contributed by atoms with Gasteiger partial charge in [-0.25, -0.2) is 9.78 Å². The molecule has 0 unspecified atom stereocenters. The summed E-state index contributed by atoms with van der Waals surface area (Å²) in [5, 5.41) is 9.54. The lowest BCUT2D eigenvalue weighted by Crippen LogP contribution is -2.35. The van der Waals surface area contributed by atoms with E-state index >= 15 is 0 Å². The number of piperidine rings is 1. The molecule has 0 aliphatic carbocycles. The van der Waals surface area contributed by atoms with Crippen LogP contribution in [0.1, 0.15) is 49.9 Å². The van der Waals surface area contributed by atoms with Crippen molar-refractivity contribution < 1.29 is 14.7 Å². The highest BCUT2D eigenvalue weighted by Gasteiger charge is 2.19. The number of aromatic carboxylic acids is 1. The van der Waals surface area contributed by atoms with E-state index in [1.807, 2.05) is 35.2 Å². The first-order valence-electron chi connectivity index (χ1n) is 7.90. The smallest absolute Gasteiger partial charge is 0.347 e. The van der Waals surface area contributed by atoms with Gasteiger partial charge in [-0.3, -0.25) is 4.79 Å². The molecule has 24 heavy (non-hydrogen) atoms. The molecule has 0 atom stereocenters. The molecule has 1 aliphatic heterocycles. The number of carbonyl (C=O) groups excluding carboxylic acids is 1. The average molecular weight is 342 g/mol. The summed E-state index contributed by atoms with van der Waals surface area (Å²) in [6, 6.07) is 7.47. The highest BCUT2D eigenvalue weighted by atomic mass is 32.1. The van der Waals surface area contributed by atoms with Gasteiger partial charge in [0.05, 0.1) is 6.20 Å². The van der Waals surface area contributed by atoms with Gasteiger partial charge in [-0.1, -0.05) is 24.3 Å². The molecule has 6 heteroatoms. The Morgan fingerprint density at radius 3 is 2.58 bits per heavy atom. The Morgan fingerprint density at radius 2 is 1.88 bits per heavy atom. The summed E-state index contributed by atoms with van der Waals surface area (Å²) in [6.45, 7) is 1.62. The summed E-state index contributed by atoms with van der Waals surface area (Å²) >= 11 is 1.11. The summed E-state index contributed by atoms with van der Waals surface area (Å²) < 4.78 is 0. The Balaban J connectivity index is 1.81. The lowest BCUT2D eigenvalue weighted by Gasteiger charge is -2.27. The number of hydrogen-bond acceptors (Lipinski definition) is 4. The zero-order valence-electron chi connectivity index (χ0n) is 13.1. The largest absolute Gasteiger partial charge is 0.477 e. The van der Waals surface area contributed by atoms with E-state index in [-0.39, 0.29) is 10.8 Å². The lowest BCUT2D eigenvalue weighted by atomic mass is 10.0. The number of aromatic nitrogens is 1. The van der Waals surface area contributed by atoms with Crippen molar-refractivity contribution in [1.82, 2.24) is 9.88 Å². The Kier molecular flexibility index (Phi) is 5.05. The molecule has 0 spiro atoms. The molecular formula is C18H18N2O3S. The molecule has 1 aromatic heterocycles. The summed E-state index contributed by atoms with van der Waals surface area (Å²) in [5.74, 6) is -0.923. The number of carboxylic acid groups (broad SMARTS) is 1. The van der Waals surface area contributed by atoms with Crippen molar-refractivity contribution in [3.05, 3.63) is 51.5 Å². The molecule has 5 nitrogen and oxygen atoms in total. The topological polar surface area (TPSA) is 70.5 Å². The first-order valence-corrected chi connectivity index (χ1v) is 8.72. The third-order valence-electron chi connectivity index (χ3n) is 3.97. The number of thiazole rings is 1. The highest BCUT2D eigenvalue weighted by Crippen LogP contribution is 2.20. The fraction of sp³-hybridized carbons (Fsp3) is 0.278. The van der Waals surface area contributed by atoms with Crippen LogP contribution in [-0.2, 0) is 0 Å². The van der Waals surface area contributed by atoms with Crippen LogP contribution in [0.15, 0.2) is 30.5 Å². The average Bonchev–Trinajstić information content (AvgIpc) is 3.10. The maximum absolute atomic E-state index is 12.7. The molecule has 0 saturated carbocycles. The Hall–Kier alpha value is -2.47. The van der Waals surface area contributed by atoms with E-state index in [1.165, 1.54) is 12.6 Å². The minimum absolute atomic E-state index is 0.0558. The number of rotatable bonds is 4. The van der Waals surface area contributed by atoms with Gasteiger partial charge in [-0.15, -0.1) is 11.3 Å². The van der Waals surface area contributed by atoms with Crippen LogP contribution in [0.2, 0.25) is 0 Å². The predicted molar refractivity (Wildman–Crippen MR) is 94.2 cm³/mol. The summed E-state index contributed by atoms with van der Waals surface area (Å²) in [5.41, 5.74) is 1.49. The van der Waals surface area contributed by atoms with E-state index in [0.29, 0.717) is 10.6 Å². The molecule has 3 rings (SSSR count). The van der Waals surface area contributed by atoms with Crippen LogP contribution in [0.3, 0.4) is 0 Å². The molecule has 0 bridgehead atoms. The van der Waals surface area contributed by atoms with Crippen LogP contribution in [0.25, 0.3) is 12.2 Å². The van der Waals surface area contributed by atoms with Gasteiger partial charge in [0.25, 0.3) is 5.91 Å². The van der Waals surface area contributed by atoms with Crippen molar-refractivity contribution in [3.63, 3.8) is 0 Å². The molecule has 2 heterocycles. The third-order valence-corrected chi connectivity index (χ3v) is 4.92. The molecule has 1 fully saturated rings. The second kappa shape index (κ2) is 7.40. The van der Waals surface area contributed by atoms with Crippen LogP contribution in [-0.4, -0.2) is 40.0 Å². The van der Waals surface area contributed by atoms with E-state index in [0.717, 1.165) is 42.8 Å². The third kappa shape index (κ3) is 3.71. The second-order valence-corrected chi connectivity index (χ2v) is 6.70. The minimum Gasteiger partial charge on any atom is -0.477 e. The number of carboxylic acids is 1. The van der Waals surface area contributed by atoms with Gasteiger partial charge in [0.2, 0.25) is 0 Å². The van der Waals surface area contributed by atoms with Gasteiger partial charge < -0.3 is 10.0 Å². The Bertz CT molecular complexity index is 776. The highest BCUT2D eigenvalue weighted by molar-refractivity contribution is 7.14. The van der Waals surface area contributed by atoms with Gasteiger partial charge in [0.15, 0.2) is 0 Å². The summed E-state index contributed by atoms with van der Waals surface area (Å²) in [4.78, 5) is 29.8. The standard InChI is InChI=1S/C18H18N2O3S/c21-17(20-10-4-1-5-11-20)14-7-3-2-6-13(14)8-9-16-19-12-15(24-16)18(22)23/h2-3,6-9,12H,1,4-5,10-11H2,(H,22,23)/b9-8+. The van der Waals surface area contributed by atoms with Crippen molar-refractivity contribution >= 4 is 35.4 Å². The molecule has 0 radical (unpaired) electrons. The second-order valence-electron chi connectivity index (χ2n) is 5.64. The fourth-order valence-electron chi connectivity index (χ4n) is 2.73. The summed E-state index contributed by atoms with van der Waals surface area (Å²) in [6.07, 6.45) is 8.21. The number of nitrogens with zero attached hydrogens (tertiary/aromatic N) is 2. The van der Waals surface area contributed by atoms with E-state index in [1.54, 1.807) is 6.08 Å². The van der Waals surface area contributed by atoms with Crippen molar-refractivity contribution in [3.8, 4) is 0 Å². The Morgan fingerprint density at radius 1 is 1.12 bits per heavy atom. The van der Waals surface area contributed by atoms with Crippen molar-refractivity contribution in [2.45, 2.75) is 19.3 Å². The summed E-state index contributed by atoms with van der Waals surface area (Å²) in [7, 11) is 0. The fourth-order valence-corrected chi connectivity index (χ4v) is 3.39. The molecule has 124 valence electrons. The Labute approximate surface area is 144 Å². The molecule has 1 aromatic carbocycles. The van der Waals surface area contributed by atoms with Crippen LogP contribution in [0.5, 0.6) is 0 Å². The van der Waals surface area contributed by atoms with Crippen LogP contribution in [0.4, 0.5) is 0 Å². The maximum Gasteiger partial charge on any atom is 0.347 e. The number of likely N-dealkylation sites (tertiary alicyclic amines) is 1. The molecule has 2 aromatic rings. The number of hydrogen-bond donors (Lipinski definition) is 1. The molecular weight excluding hydrogens is 324 g/mol. The first kappa shape index (κ1) is 16.4. The van der Waals surface area contributed by atoms with Crippen molar-refractivity contribution in [2.24, 2.45) is 0 Å². The minimum atomic E-state index is -0.979. The van der Waals surface area contributed by atoms with Gasteiger partial charge in [0.1, 0.15) is 9.88 Å². The maximum atomic E-state index is 12.7. The van der Waals surface area contributed by atoms with Crippen molar-refractivity contribution in [2.75, 3.05) is 13.1 Å². The SMILES string of the molecule is O=C(O)c1cnc(/C=C/c2ccccc2C(=O)N2CCCCC2)s1. The van der Waals surface area contributed by atoms with Crippen LogP contribution < -0.4 is 0 Å². The monoisotopic (exact) mass is 342 g/mol. The molecule has 1 aliphatic rings. The van der Waals surface area contributed by atoms with Gasteiger partial charge in [0, 0.05) is 18.7 Å². The number of benzene rings is 1. The molecule has 1 saturated heterocycles. The predicted octanol–water partition coefficient (Wildman–Crippen LogP) is 3.64. The normalized spacial score (nSPS) is 14.9. The van der Waals surface area contributed by atoms with E-state index in [4.69, 9.17) is 5.11 Å². The van der Waals surface area contributed by atoms with Crippen LogP contribution >= 0.6 is 11.3 Å². The lowest BCUT2D eigenvalue weighted by molar-refractivity contribution is 0.0698. The number of carbonyl (C=O) groups is 2. The molecule has 1 amide bonds. The van der Waals surface area contributed by atoms with Crippen LogP contribution in [0, 0.1) is 0 Å². The van der Waals surface area contributed by atoms with Crippen molar-refractivity contribution in [1.29, 1.82) is 0 Å². The van der Waals surface area contributed by atoms with Gasteiger partial charge in [-0.2, -0.15) is 0 Å². The molecule has 1 N–H and O–H groups in total. The number of amides is 1.